The van der Waals surface area contributed by atoms with E-state index in [1.165, 1.54) is 15.9 Å². The van der Waals surface area contributed by atoms with Gasteiger partial charge in [-0.3, -0.25) is 9.69 Å². The Kier molecular flexibility index (Phi) is 3.54. The molecule has 3 amide bonds. The van der Waals surface area contributed by atoms with Crippen LogP contribution >= 0.6 is 0 Å². The number of anilines is 1. The van der Waals surface area contributed by atoms with Crippen LogP contribution in [0.1, 0.15) is 25.0 Å². The Balaban J connectivity index is 1.96. The number of rotatable bonds is 1. The quantitative estimate of drug-likeness (QED) is 0.852. The van der Waals surface area contributed by atoms with Crippen molar-refractivity contribution >= 4 is 17.6 Å². The Labute approximate surface area is 137 Å². The van der Waals surface area contributed by atoms with E-state index in [1.54, 1.807) is 6.07 Å². The number of carbonyl (C=O) groups excluding carboxylic acids is 2. The molecule has 1 aromatic rings. The van der Waals surface area contributed by atoms with E-state index in [0.29, 0.717) is 5.56 Å². The lowest BCUT2D eigenvalue weighted by atomic mass is 9.86. The summed E-state index contributed by atoms with van der Waals surface area (Å²) in [5.74, 6) is -0.931. The van der Waals surface area contributed by atoms with Crippen LogP contribution in [-0.2, 0) is 16.4 Å². The summed E-state index contributed by atoms with van der Waals surface area (Å²) >= 11 is 0. The number of amides is 3. The lowest BCUT2D eigenvalue weighted by molar-refractivity contribution is -0.137. The second-order valence-electron chi connectivity index (χ2n) is 6.96. The van der Waals surface area contributed by atoms with Gasteiger partial charge in [0, 0.05) is 25.0 Å². The fraction of sp³-hybridized carbons (Fsp3) is 0.500. The maximum Gasteiger partial charge on any atom is 0.418 e. The van der Waals surface area contributed by atoms with Crippen LogP contribution in [0, 0.1) is 5.92 Å². The Hall–Kier alpha value is -2.25. The maximum absolute atomic E-state index is 13.4. The third-order valence-electron chi connectivity index (χ3n) is 4.68. The molecule has 0 unspecified atom stereocenters. The molecule has 0 aliphatic carbocycles. The van der Waals surface area contributed by atoms with E-state index >= 15 is 0 Å². The fourth-order valence-electron chi connectivity index (χ4n) is 3.32. The zero-order chi connectivity index (χ0) is 17.9. The molecule has 8 heteroatoms. The first kappa shape index (κ1) is 16.6. The number of benzene rings is 1. The van der Waals surface area contributed by atoms with E-state index in [4.69, 9.17) is 5.73 Å². The largest absolute Gasteiger partial charge is 0.418 e. The first-order valence-electron chi connectivity index (χ1n) is 7.59. The number of fused-ring (bicyclic) bond motifs is 1. The van der Waals surface area contributed by atoms with Gasteiger partial charge in [0.15, 0.2) is 0 Å². The Morgan fingerprint density at radius 2 is 1.88 bits per heavy atom. The number of hydrogen-bond donors (Lipinski definition) is 1. The van der Waals surface area contributed by atoms with Gasteiger partial charge in [-0.05, 0) is 11.6 Å². The number of hydrogen-bond acceptors (Lipinski definition) is 2. The van der Waals surface area contributed by atoms with Gasteiger partial charge >= 0.3 is 12.2 Å². The number of urea groups is 1. The Bertz CT molecular complexity index is 709. The molecule has 1 saturated heterocycles. The van der Waals surface area contributed by atoms with Crippen LogP contribution in [0.15, 0.2) is 18.2 Å². The zero-order valence-corrected chi connectivity index (χ0v) is 13.4. The van der Waals surface area contributed by atoms with Crippen molar-refractivity contribution in [2.45, 2.75) is 25.4 Å². The summed E-state index contributed by atoms with van der Waals surface area (Å²) in [6, 6.07) is 3.46. The molecule has 2 N–H and O–H groups in total. The minimum absolute atomic E-state index is 0.0810. The second-order valence-corrected chi connectivity index (χ2v) is 6.96. The number of primary amides is 1. The van der Waals surface area contributed by atoms with E-state index < -0.39 is 35.0 Å². The summed E-state index contributed by atoms with van der Waals surface area (Å²) in [5.41, 5.74) is 4.19. The minimum atomic E-state index is -4.55. The summed E-state index contributed by atoms with van der Waals surface area (Å²) < 4.78 is 40.2. The molecule has 3 rings (SSSR count). The van der Waals surface area contributed by atoms with Gasteiger partial charge in [0.05, 0.1) is 17.2 Å². The zero-order valence-electron chi connectivity index (χ0n) is 13.4. The molecule has 0 bridgehead atoms. The predicted octanol–water partition coefficient (Wildman–Crippen LogP) is 2.34. The van der Waals surface area contributed by atoms with Gasteiger partial charge in [0.1, 0.15) is 0 Å². The highest BCUT2D eigenvalue weighted by molar-refractivity contribution is 5.97. The molecular formula is C16H18F3N3O2. The van der Waals surface area contributed by atoms with Crippen molar-refractivity contribution in [1.82, 2.24) is 4.90 Å². The average molecular weight is 341 g/mol. The second kappa shape index (κ2) is 5.12. The lowest BCUT2D eigenvalue weighted by Crippen LogP contribution is -2.58. The van der Waals surface area contributed by atoms with Crippen molar-refractivity contribution in [2.24, 2.45) is 11.7 Å². The van der Waals surface area contributed by atoms with Gasteiger partial charge in [0.2, 0.25) is 5.91 Å². The first-order chi connectivity index (χ1) is 11.0. The molecule has 2 heterocycles. The topological polar surface area (TPSA) is 66.6 Å². The van der Waals surface area contributed by atoms with Crippen LogP contribution in [0.5, 0.6) is 0 Å². The molecule has 24 heavy (non-hydrogen) atoms. The summed E-state index contributed by atoms with van der Waals surface area (Å²) in [6.45, 7) is 4.07. The third kappa shape index (κ3) is 2.50. The van der Waals surface area contributed by atoms with E-state index in [2.05, 4.69) is 0 Å². The van der Waals surface area contributed by atoms with Crippen molar-refractivity contribution in [3.05, 3.63) is 29.3 Å². The molecule has 0 radical (unpaired) electrons. The van der Waals surface area contributed by atoms with Gasteiger partial charge in [-0.2, -0.15) is 13.2 Å². The van der Waals surface area contributed by atoms with Gasteiger partial charge in [-0.1, -0.05) is 26.0 Å². The van der Waals surface area contributed by atoms with Crippen molar-refractivity contribution in [3.63, 3.8) is 0 Å². The molecule has 0 spiro atoms. The first-order valence-corrected chi connectivity index (χ1v) is 7.59. The molecule has 1 fully saturated rings. The normalized spacial score (nSPS) is 19.9. The van der Waals surface area contributed by atoms with E-state index in [1.807, 2.05) is 13.8 Å². The lowest BCUT2D eigenvalue weighted by Gasteiger charge is -2.40. The number of likely N-dealkylation sites (tertiary alicyclic amines) is 1. The summed E-state index contributed by atoms with van der Waals surface area (Å²) in [6.07, 6.45) is -4.55. The Morgan fingerprint density at radius 3 is 2.42 bits per heavy atom. The number of para-hydroxylation sites is 1. The smallest absolute Gasteiger partial charge is 0.369 e. The minimum Gasteiger partial charge on any atom is -0.369 e. The maximum atomic E-state index is 13.4. The number of alkyl halides is 3. The molecule has 2 aliphatic rings. The van der Waals surface area contributed by atoms with Crippen molar-refractivity contribution in [2.75, 3.05) is 24.5 Å². The summed E-state index contributed by atoms with van der Waals surface area (Å²) in [5, 5.41) is 0. The third-order valence-corrected chi connectivity index (χ3v) is 4.68. The molecule has 0 saturated carbocycles. The van der Waals surface area contributed by atoms with Crippen LogP contribution in [0.2, 0.25) is 0 Å². The van der Waals surface area contributed by atoms with Crippen LogP contribution in [0.4, 0.5) is 23.7 Å². The number of nitrogens with two attached hydrogens (primary N) is 1. The van der Waals surface area contributed by atoms with E-state index in [-0.39, 0.29) is 25.3 Å². The standard InChI is InChI=1S/C16H18F3N3O2/c1-15(2)8-22(14(24)21-6-9(7-21)13(20)23)12-10(15)4-3-5-11(12)16(17,18)19/h3-5,9H,6-8H2,1-2H3,(H2,20,23). The van der Waals surface area contributed by atoms with Gasteiger partial charge in [-0.25, -0.2) is 4.79 Å². The SMILES string of the molecule is CC1(C)CN(C(=O)N2CC(C(N)=O)C2)c2c(C(F)(F)F)cccc21. The highest BCUT2D eigenvalue weighted by Gasteiger charge is 2.47. The average Bonchev–Trinajstić information content (AvgIpc) is 2.67. The number of halogens is 3. The van der Waals surface area contributed by atoms with Crippen LogP contribution in [-0.4, -0.2) is 36.5 Å². The van der Waals surface area contributed by atoms with E-state index in [9.17, 15) is 22.8 Å². The predicted molar refractivity (Wildman–Crippen MR) is 81.5 cm³/mol. The van der Waals surface area contributed by atoms with Gasteiger partial charge < -0.3 is 10.6 Å². The van der Waals surface area contributed by atoms with Crippen molar-refractivity contribution in [3.8, 4) is 0 Å². The van der Waals surface area contributed by atoms with Crippen LogP contribution < -0.4 is 10.6 Å². The molecule has 2 aliphatic heterocycles. The van der Waals surface area contributed by atoms with Crippen molar-refractivity contribution < 1.29 is 22.8 Å². The highest BCUT2D eigenvalue weighted by atomic mass is 19.4. The molecule has 130 valence electrons. The van der Waals surface area contributed by atoms with Crippen LogP contribution in [0.3, 0.4) is 0 Å². The molecule has 0 aromatic heterocycles. The van der Waals surface area contributed by atoms with Crippen molar-refractivity contribution in [1.29, 1.82) is 0 Å². The van der Waals surface area contributed by atoms with E-state index in [0.717, 1.165) is 6.07 Å². The molecule has 1 aromatic carbocycles. The summed E-state index contributed by atoms with van der Waals surface area (Å²) in [4.78, 5) is 26.3. The van der Waals surface area contributed by atoms with Crippen LogP contribution in [0.25, 0.3) is 0 Å². The molecule has 0 atom stereocenters. The fourth-order valence-corrected chi connectivity index (χ4v) is 3.32. The number of carbonyl (C=O) groups is 2. The number of nitrogens with zero attached hydrogens (tertiary/aromatic N) is 2. The molecular weight excluding hydrogens is 323 g/mol. The van der Waals surface area contributed by atoms with Gasteiger partial charge in [0.25, 0.3) is 0 Å². The highest BCUT2D eigenvalue weighted by Crippen LogP contribution is 2.48. The molecule has 5 nitrogen and oxygen atoms in total. The Morgan fingerprint density at radius 1 is 1.25 bits per heavy atom. The van der Waals surface area contributed by atoms with Gasteiger partial charge in [-0.15, -0.1) is 0 Å². The summed E-state index contributed by atoms with van der Waals surface area (Å²) in [7, 11) is 0. The monoisotopic (exact) mass is 341 g/mol.